The van der Waals surface area contributed by atoms with Gasteiger partial charge in [-0.2, -0.15) is 0 Å². The first-order chi connectivity index (χ1) is 10.4. The van der Waals surface area contributed by atoms with E-state index >= 15 is 0 Å². The van der Waals surface area contributed by atoms with Gasteiger partial charge in [0.2, 0.25) is 5.91 Å². The van der Waals surface area contributed by atoms with Gasteiger partial charge in [-0.05, 0) is 57.0 Å². The molecule has 0 unspecified atom stereocenters. The van der Waals surface area contributed by atoms with Gasteiger partial charge in [0.1, 0.15) is 0 Å². The van der Waals surface area contributed by atoms with E-state index in [0.717, 1.165) is 22.2 Å². The molecule has 0 aliphatic carbocycles. The van der Waals surface area contributed by atoms with Gasteiger partial charge in [-0.3, -0.25) is 4.79 Å². The quantitative estimate of drug-likeness (QED) is 0.673. The lowest BCUT2D eigenvalue weighted by molar-refractivity contribution is -0.115. The summed E-state index contributed by atoms with van der Waals surface area (Å²) in [4.78, 5) is 20.7. The number of aryl methyl sites for hydroxylation is 4. The summed E-state index contributed by atoms with van der Waals surface area (Å²) in [5.41, 5.74) is 5.15. The Balaban J connectivity index is 1.83. The summed E-state index contributed by atoms with van der Waals surface area (Å²) in [6.07, 6.45) is 0.438. The minimum atomic E-state index is 0.0140. The van der Waals surface area contributed by atoms with E-state index < -0.39 is 0 Å². The number of nitrogens with zero attached hydrogens (tertiary/aromatic N) is 2. The number of anilines is 1. The van der Waals surface area contributed by atoms with E-state index in [4.69, 9.17) is 0 Å². The van der Waals surface area contributed by atoms with Crippen molar-refractivity contribution in [1.29, 1.82) is 0 Å². The van der Waals surface area contributed by atoms with Crippen LogP contribution in [0.3, 0.4) is 0 Å². The molecule has 0 atom stereocenters. The first-order valence-electron chi connectivity index (χ1n) is 7.26. The Morgan fingerprint density at radius 3 is 2.36 bits per heavy atom. The maximum Gasteiger partial charge on any atom is 0.225 e. The molecular formula is C17H21N3OS. The molecule has 1 amide bonds. The fraction of sp³-hybridized carbons (Fsp3) is 0.353. The predicted octanol–water partition coefficient (Wildman–Crippen LogP) is 3.83. The van der Waals surface area contributed by atoms with Crippen molar-refractivity contribution in [2.45, 2.75) is 39.3 Å². The van der Waals surface area contributed by atoms with Gasteiger partial charge in [0.25, 0.3) is 0 Å². The van der Waals surface area contributed by atoms with Gasteiger partial charge in [-0.1, -0.05) is 17.8 Å². The molecule has 0 radical (unpaired) electrons. The number of amides is 1. The molecular weight excluding hydrogens is 294 g/mol. The zero-order valence-electron chi connectivity index (χ0n) is 13.4. The summed E-state index contributed by atoms with van der Waals surface area (Å²) in [6.45, 7) is 8.00. The van der Waals surface area contributed by atoms with Crippen LogP contribution >= 0.6 is 11.8 Å². The highest BCUT2D eigenvalue weighted by Gasteiger charge is 2.06. The lowest BCUT2D eigenvalue weighted by Gasteiger charge is -2.07. The van der Waals surface area contributed by atoms with Gasteiger partial charge in [-0.15, -0.1) is 0 Å². The minimum absolute atomic E-state index is 0.0140. The van der Waals surface area contributed by atoms with Crippen molar-refractivity contribution in [3.63, 3.8) is 0 Å². The van der Waals surface area contributed by atoms with Crippen molar-refractivity contribution < 1.29 is 4.79 Å². The van der Waals surface area contributed by atoms with Crippen molar-refractivity contribution in [3.8, 4) is 0 Å². The fourth-order valence-electron chi connectivity index (χ4n) is 2.04. The number of hydrogen-bond acceptors (Lipinski definition) is 4. The molecule has 1 N–H and O–H groups in total. The Labute approximate surface area is 135 Å². The third-order valence-corrected chi connectivity index (χ3v) is 4.16. The second-order valence-corrected chi connectivity index (χ2v) is 6.44. The second-order valence-electron chi connectivity index (χ2n) is 5.38. The van der Waals surface area contributed by atoms with Gasteiger partial charge >= 0.3 is 0 Å². The van der Waals surface area contributed by atoms with E-state index in [-0.39, 0.29) is 5.91 Å². The highest BCUT2D eigenvalue weighted by Crippen LogP contribution is 2.17. The van der Waals surface area contributed by atoms with Crippen LogP contribution in [0.25, 0.3) is 0 Å². The maximum atomic E-state index is 12.0. The summed E-state index contributed by atoms with van der Waals surface area (Å²) in [6, 6.07) is 7.88. The summed E-state index contributed by atoms with van der Waals surface area (Å²) in [5, 5.41) is 3.66. The van der Waals surface area contributed by atoms with Gasteiger partial charge in [0, 0.05) is 29.2 Å². The van der Waals surface area contributed by atoms with Crippen LogP contribution in [0.15, 0.2) is 29.4 Å². The molecule has 2 rings (SSSR count). The molecule has 1 aromatic heterocycles. The molecule has 0 spiro atoms. The van der Waals surface area contributed by atoms with E-state index in [1.165, 1.54) is 22.9 Å². The SMILES string of the molecule is Cc1cc(C)nc(SCCC(=O)Nc2ccc(C)c(C)c2)n1. The van der Waals surface area contributed by atoms with Gasteiger partial charge in [-0.25, -0.2) is 9.97 Å². The molecule has 2 aromatic rings. The summed E-state index contributed by atoms with van der Waals surface area (Å²) >= 11 is 1.51. The molecule has 5 heteroatoms. The Hall–Kier alpha value is -1.88. The van der Waals surface area contributed by atoms with E-state index in [9.17, 15) is 4.79 Å². The molecule has 0 saturated carbocycles. The number of rotatable bonds is 5. The first kappa shape index (κ1) is 16.5. The third-order valence-electron chi connectivity index (χ3n) is 3.31. The van der Waals surface area contributed by atoms with Crippen LogP contribution in [0, 0.1) is 27.7 Å². The van der Waals surface area contributed by atoms with E-state index in [1.807, 2.05) is 45.0 Å². The van der Waals surface area contributed by atoms with Crippen molar-refractivity contribution in [3.05, 3.63) is 46.8 Å². The molecule has 0 aliphatic rings. The van der Waals surface area contributed by atoms with Gasteiger partial charge in [0.05, 0.1) is 0 Å². The topological polar surface area (TPSA) is 54.9 Å². The number of carbonyl (C=O) groups excluding carboxylic acids is 1. The second kappa shape index (κ2) is 7.40. The van der Waals surface area contributed by atoms with Crippen molar-refractivity contribution in [2.75, 3.05) is 11.1 Å². The number of thioether (sulfide) groups is 1. The smallest absolute Gasteiger partial charge is 0.225 e. The van der Waals surface area contributed by atoms with Crippen LogP contribution in [0.4, 0.5) is 5.69 Å². The molecule has 22 heavy (non-hydrogen) atoms. The Kier molecular flexibility index (Phi) is 5.55. The first-order valence-corrected chi connectivity index (χ1v) is 8.25. The lowest BCUT2D eigenvalue weighted by atomic mass is 10.1. The van der Waals surface area contributed by atoms with E-state index in [0.29, 0.717) is 12.2 Å². The number of nitrogens with one attached hydrogen (secondary N) is 1. The standard InChI is InChI=1S/C17H21N3OS/c1-11-5-6-15(9-12(11)2)20-16(21)7-8-22-17-18-13(3)10-14(4)19-17/h5-6,9-10H,7-8H2,1-4H3,(H,20,21). The van der Waals surface area contributed by atoms with Crippen LogP contribution in [-0.4, -0.2) is 21.6 Å². The molecule has 1 heterocycles. The van der Waals surface area contributed by atoms with Crippen LogP contribution in [0.1, 0.15) is 28.9 Å². The maximum absolute atomic E-state index is 12.0. The van der Waals surface area contributed by atoms with Gasteiger partial charge in [0.15, 0.2) is 5.16 Å². The summed E-state index contributed by atoms with van der Waals surface area (Å²) in [5.74, 6) is 0.680. The largest absolute Gasteiger partial charge is 0.326 e. The van der Waals surface area contributed by atoms with Crippen LogP contribution in [0.5, 0.6) is 0 Å². The number of benzene rings is 1. The van der Waals surface area contributed by atoms with Crippen molar-refractivity contribution >= 4 is 23.4 Å². The number of hydrogen-bond donors (Lipinski definition) is 1. The highest BCUT2D eigenvalue weighted by molar-refractivity contribution is 7.99. The minimum Gasteiger partial charge on any atom is -0.326 e. The summed E-state index contributed by atoms with van der Waals surface area (Å²) < 4.78 is 0. The molecule has 0 saturated heterocycles. The lowest BCUT2D eigenvalue weighted by Crippen LogP contribution is -2.12. The van der Waals surface area contributed by atoms with Gasteiger partial charge < -0.3 is 5.32 Å². The van der Waals surface area contributed by atoms with Crippen LogP contribution in [-0.2, 0) is 4.79 Å². The zero-order chi connectivity index (χ0) is 16.1. The fourth-order valence-corrected chi connectivity index (χ4v) is 2.92. The molecule has 0 bridgehead atoms. The average molecular weight is 315 g/mol. The van der Waals surface area contributed by atoms with Crippen LogP contribution < -0.4 is 5.32 Å². The predicted molar refractivity (Wildman–Crippen MR) is 91.4 cm³/mol. The Bertz CT molecular complexity index is 665. The molecule has 1 aromatic carbocycles. The van der Waals surface area contributed by atoms with E-state index in [1.54, 1.807) is 0 Å². The Morgan fingerprint density at radius 1 is 1.05 bits per heavy atom. The van der Waals surface area contributed by atoms with Crippen molar-refractivity contribution in [2.24, 2.45) is 0 Å². The monoisotopic (exact) mass is 315 g/mol. The third kappa shape index (κ3) is 4.84. The molecule has 0 fully saturated rings. The normalized spacial score (nSPS) is 10.5. The van der Waals surface area contributed by atoms with Crippen molar-refractivity contribution in [1.82, 2.24) is 9.97 Å². The average Bonchev–Trinajstić information content (AvgIpc) is 2.42. The van der Waals surface area contributed by atoms with Crippen LogP contribution in [0.2, 0.25) is 0 Å². The highest BCUT2D eigenvalue weighted by atomic mass is 32.2. The molecule has 4 nitrogen and oxygen atoms in total. The molecule has 0 aliphatic heterocycles. The summed E-state index contributed by atoms with van der Waals surface area (Å²) in [7, 11) is 0. The Morgan fingerprint density at radius 2 is 1.73 bits per heavy atom. The zero-order valence-corrected chi connectivity index (χ0v) is 14.3. The van der Waals surface area contributed by atoms with E-state index in [2.05, 4.69) is 22.2 Å². The molecule has 116 valence electrons. The number of aromatic nitrogens is 2. The number of carbonyl (C=O) groups is 1.